The van der Waals surface area contributed by atoms with Crippen molar-refractivity contribution in [2.75, 3.05) is 13.1 Å². The quantitative estimate of drug-likeness (QED) is 0.715. The van der Waals surface area contributed by atoms with Crippen LogP contribution >= 0.6 is 0 Å². The molecule has 5 atom stereocenters. The molecule has 20 heavy (non-hydrogen) atoms. The van der Waals surface area contributed by atoms with E-state index < -0.39 is 0 Å². The average molecular weight is 273 g/mol. The zero-order chi connectivity index (χ0) is 13.4. The highest BCUT2D eigenvalue weighted by atomic mass is 16.2. The van der Waals surface area contributed by atoms with Crippen LogP contribution in [0.1, 0.15) is 64.2 Å². The van der Waals surface area contributed by atoms with Crippen LogP contribution in [0.15, 0.2) is 0 Å². The molecule has 1 heterocycles. The Kier molecular flexibility index (Phi) is 2.30. The Morgan fingerprint density at radius 3 is 2.50 bits per heavy atom. The van der Waals surface area contributed by atoms with Crippen LogP contribution in [0.4, 0.5) is 0 Å². The third-order valence-corrected chi connectivity index (χ3v) is 7.81. The van der Waals surface area contributed by atoms with Gasteiger partial charge in [-0.15, -0.1) is 0 Å². The van der Waals surface area contributed by atoms with Gasteiger partial charge in [-0.2, -0.15) is 0 Å². The monoisotopic (exact) mass is 273 g/mol. The number of amides is 1. The molecule has 5 unspecified atom stereocenters. The van der Waals surface area contributed by atoms with E-state index in [1.165, 1.54) is 64.2 Å². The summed E-state index contributed by atoms with van der Waals surface area (Å²) in [4.78, 5) is 15.6. The summed E-state index contributed by atoms with van der Waals surface area (Å²) in [6.45, 7) is 2.10. The fraction of sp³-hybridized carbons (Fsp3) is 0.944. The summed E-state index contributed by atoms with van der Waals surface area (Å²) in [5.74, 6) is 3.42. The number of carbonyl (C=O) groups excluding carboxylic acids is 1. The summed E-state index contributed by atoms with van der Waals surface area (Å²) >= 11 is 0. The Balaban J connectivity index is 1.44. The normalized spacial score (nSPS) is 52.6. The molecule has 1 spiro atoms. The van der Waals surface area contributed by atoms with E-state index in [1.807, 2.05) is 0 Å². The molecular formula is C18H27NO. The van der Waals surface area contributed by atoms with Crippen LogP contribution in [-0.2, 0) is 4.79 Å². The van der Waals surface area contributed by atoms with Crippen molar-refractivity contribution in [1.29, 1.82) is 0 Å². The topological polar surface area (TPSA) is 20.3 Å². The van der Waals surface area contributed by atoms with Crippen molar-refractivity contribution in [1.82, 2.24) is 4.90 Å². The summed E-state index contributed by atoms with van der Waals surface area (Å²) in [6, 6.07) is 0. The first-order valence-electron chi connectivity index (χ1n) is 9.01. The lowest BCUT2D eigenvalue weighted by atomic mass is 9.55. The molecule has 0 aromatic rings. The van der Waals surface area contributed by atoms with E-state index in [-0.39, 0.29) is 5.41 Å². The second kappa shape index (κ2) is 3.81. The number of hydrogen-bond donors (Lipinski definition) is 0. The maximum absolute atomic E-state index is 13.3. The molecule has 3 bridgehead atoms. The molecule has 4 aliphatic carbocycles. The van der Waals surface area contributed by atoms with Crippen molar-refractivity contribution in [2.45, 2.75) is 64.2 Å². The average Bonchev–Trinajstić information content (AvgIpc) is 2.69. The molecule has 1 amide bonds. The minimum Gasteiger partial charge on any atom is -0.342 e. The summed E-state index contributed by atoms with van der Waals surface area (Å²) < 4.78 is 0. The predicted octanol–water partition coefficient (Wildman–Crippen LogP) is 3.61. The molecule has 1 saturated heterocycles. The van der Waals surface area contributed by atoms with Crippen molar-refractivity contribution in [2.24, 2.45) is 28.6 Å². The number of hydrogen-bond acceptors (Lipinski definition) is 1. The van der Waals surface area contributed by atoms with E-state index in [1.54, 1.807) is 0 Å². The fourth-order valence-corrected chi connectivity index (χ4v) is 7.22. The largest absolute Gasteiger partial charge is 0.342 e. The first kappa shape index (κ1) is 12.1. The van der Waals surface area contributed by atoms with Gasteiger partial charge in [-0.3, -0.25) is 4.79 Å². The molecule has 5 rings (SSSR count). The number of nitrogens with zero attached hydrogens (tertiary/aromatic N) is 1. The molecule has 0 aromatic heterocycles. The lowest BCUT2D eigenvalue weighted by Gasteiger charge is -2.49. The highest BCUT2D eigenvalue weighted by Gasteiger charge is 2.72. The van der Waals surface area contributed by atoms with E-state index in [2.05, 4.69) is 4.90 Å². The number of carbonyl (C=O) groups is 1. The SMILES string of the molecule is O=C(N1CCCCCC1)C12CC3CC4CC(C1)C4(C3)C2. The minimum atomic E-state index is 0.100. The van der Waals surface area contributed by atoms with Gasteiger partial charge in [0.05, 0.1) is 5.41 Å². The molecule has 110 valence electrons. The standard InChI is InChI=1S/C18H27NO/c20-16(19-5-3-1-2-4-6-19)17-9-13-7-14-8-15(11-17)18(14,10-13)12-17/h13-15H,1-12H2. The highest BCUT2D eigenvalue weighted by molar-refractivity contribution is 5.84. The van der Waals surface area contributed by atoms with Crippen molar-refractivity contribution in [3.63, 3.8) is 0 Å². The van der Waals surface area contributed by atoms with Crippen molar-refractivity contribution >= 4 is 5.91 Å². The third-order valence-electron chi connectivity index (χ3n) is 7.81. The zero-order valence-electron chi connectivity index (χ0n) is 12.6. The molecule has 0 radical (unpaired) electrons. The second-order valence-corrected chi connectivity index (χ2v) is 8.74. The molecule has 1 aliphatic heterocycles. The third kappa shape index (κ3) is 1.34. The predicted molar refractivity (Wildman–Crippen MR) is 78.1 cm³/mol. The minimum absolute atomic E-state index is 0.100. The Hall–Kier alpha value is -0.530. The van der Waals surface area contributed by atoms with Crippen LogP contribution in [0.25, 0.3) is 0 Å². The van der Waals surface area contributed by atoms with Crippen molar-refractivity contribution in [3.8, 4) is 0 Å². The maximum Gasteiger partial charge on any atom is 0.228 e. The van der Waals surface area contributed by atoms with Crippen LogP contribution in [0.5, 0.6) is 0 Å². The van der Waals surface area contributed by atoms with Crippen LogP contribution < -0.4 is 0 Å². The lowest BCUT2D eigenvalue weighted by molar-refractivity contribution is -0.144. The molecule has 0 aromatic carbocycles. The highest BCUT2D eigenvalue weighted by Crippen LogP contribution is 2.79. The van der Waals surface area contributed by atoms with Gasteiger partial charge in [0.15, 0.2) is 0 Å². The molecule has 2 heteroatoms. The van der Waals surface area contributed by atoms with Gasteiger partial charge in [-0.1, -0.05) is 12.8 Å². The maximum atomic E-state index is 13.3. The van der Waals surface area contributed by atoms with E-state index in [0.29, 0.717) is 11.3 Å². The first-order chi connectivity index (χ1) is 9.72. The number of likely N-dealkylation sites (tertiary alicyclic amines) is 1. The summed E-state index contributed by atoms with van der Waals surface area (Å²) in [7, 11) is 0. The van der Waals surface area contributed by atoms with Gasteiger partial charge in [-0.25, -0.2) is 0 Å². The van der Waals surface area contributed by atoms with E-state index in [4.69, 9.17) is 0 Å². The Bertz CT molecular complexity index is 448. The molecule has 5 fully saturated rings. The number of fused-ring (bicyclic) bond motifs is 2. The van der Waals surface area contributed by atoms with Crippen molar-refractivity contribution in [3.05, 3.63) is 0 Å². The van der Waals surface area contributed by atoms with Crippen LogP contribution in [0, 0.1) is 28.6 Å². The molecule has 4 saturated carbocycles. The lowest BCUT2D eigenvalue weighted by Crippen LogP contribution is -2.46. The first-order valence-corrected chi connectivity index (χ1v) is 9.01. The van der Waals surface area contributed by atoms with Gasteiger partial charge in [-0.05, 0) is 74.5 Å². The Morgan fingerprint density at radius 1 is 0.900 bits per heavy atom. The van der Waals surface area contributed by atoms with Gasteiger partial charge in [0.2, 0.25) is 5.91 Å². The van der Waals surface area contributed by atoms with E-state index in [9.17, 15) is 4.79 Å². The summed E-state index contributed by atoms with van der Waals surface area (Å²) in [6.07, 6.45) is 13.3. The molecule has 0 N–H and O–H groups in total. The Labute approximate surface area is 122 Å². The van der Waals surface area contributed by atoms with Gasteiger partial charge in [0, 0.05) is 13.1 Å². The van der Waals surface area contributed by atoms with Crippen LogP contribution in [-0.4, -0.2) is 23.9 Å². The van der Waals surface area contributed by atoms with Gasteiger partial charge >= 0.3 is 0 Å². The summed E-state index contributed by atoms with van der Waals surface area (Å²) in [5.41, 5.74) is 0.758. The smallest absolute Gasteiger partial charge is 0.228 e. The number of rotatable bonds is 1. The van der Waals surface area contributed by atoms with Crippen molar-refractivity contribution < 1.29 is 4.79 Å². The zero-order valence-corrected chi connectivity index (χ0v) is 12.6. The Morgan fingerprint density at radius 2 is 1.70 bits per heavy atom. The fourth-order valence-electron chi connectivity index (χ4n) is 7.22. The molecular weight excluding hydrogens is 246 g/mol. The van der Waals surface area contributed by atoms with Gasteiger partial charge in [0.1, 0.15) is 0 Å². The van der Waals surface area contributed by atoms with Gasteiger partial charge in [0.25, 0.3) is 0 Å². The van der Waals surface area contributed by atoms with E-state index in [0.717, 1.165) is 30.8 Å². The summed E-state index contributed by atoms with van der Waals surface area (Å²) in [5, 5.41) is 0. The molecule has 5 aliphatic rings. The van der Waals surface area contributed by atoms with E-state index >= 15 is 0 Å². The second-order valence-electron chi connectivity index (χ2n) is 8.74. The van der Waals surface area contributed by atoms with Crippen LogP contribution in [0.2, 0.25) is 0 Å². The van der Waals surface area contributed by atoms with Crippen LogP contribution in [0.3, 0.4) is 0 Å². The van der Waals surface area contributed by atoms with Gasteiger partial charge < -0.3 is 4.90 Å². The molecule has 2 nitrogen and oxygen atoms in total.